The molecular formula is C14H21N5O2S. The van der Waals surface area contributed by atoms with E-state index in [9.17, 15) is 8.42 Å². The van der Waals surface area contributed by atoms with Crippen LogP contribution in [0, 0.1) is 0 Å². The number of sulfonamides is 1. The summed E-state index contributed by atoms with van der Waals surface area (Å²) < 4.78 is 28.9. The summed E-state index contributed by atoms with van der Waals surface area (Å²) in [5, 5.41) is 4.21. The number of aromatic nitrogens is 4. The topological polar surface area (TPSA) is 92.7 Å². The lowest BCUT2D eigenvalue weighted by Crippen LogP contribution is -2.23. The van der Waals surface area contributed by atoms with Gasteiger partial charge in [0.1, 0.15) is 10.7 Å². The van der Waals surface area contributed by atoms with Gasteiger partial charge in [0.2, 0.25) is 10.0 Å². The van der Waals surface area contributed by atoms with E-state index in [1.165, 1.54) is 19.0 Å². The van der Waals surface area contributed by atoms with Gasteiger partial charge in [0.25, 0.3) is 0 Å². The van der Waals surface area contributed by atoms with Crippen molar-refractivity contribution >= 4 is 10.0 Å². The molecule has 0 saturated heterocycles. The predicted molar refractivity (Wildman–Crippen MR) is 81.7 cm³/mol. The number of aryl methyl sites for hydroxylation is 1. The van der Waals surface area contributed by atoms with Crippen molar-refractivity contribution < 1.29 is 8.42 Å². The molecular weight excluding hydrogens is 302 g/mol. The van der Waals surface area contributed by atoms with E-state index >= 15 is 0 Å². The van der Waals surface area contributed by atoms with Gasteiger partial charge in [-0.25, -0.2) is 18.1 Å². The van der Waals surface area contributed by atoms with Crippen molar-refractivity contribution in [1.82, 2.24) is 24.5 Å². The van der Waals surface area contributed by atoms with Gasteiger partial charge in [0.05, 0.1) is 18.8 Å². The first-order valence-corrected chi connectivity index (χ1v) is 9.13. The molecule has 1 aliphatic rings. The van der Waals surface area contributed by atoms with E-state index in [-0.39, 0.29) is 11.4 Å². The van der Waals surface area contributed by atoms with Crippen molar-refractivity contribution in [3.8, 4) is 0 Å². The van der Waals surface area contributed by atoms with Gasteiger partial charge in [-0.2, -0.15) is 5.10 Å². The molecule has 0 radical (unpaired) electrons. The van der Waals surface area contributed by atoms with Crippen LogP contribution in [0.2, 0.25) is 0 Å². The first kappa shape index (κ1) is 15.2. The highest BCUT2D eigenvalue weighted by molar-refractivity contribution is 7.89. The average molecular weight is 323 g/mol. The normalized spacial score (nSPS) is 16.4. The number of rotatable bonds is 6. The molecule has 0 amide bonds. The van der Waals surface area contributed by atoms with E-state index in [0.717, 1.165) is 25.0 Å². The quantitative estimate of drug-likeness (QED) is 0.847. The van der Waals surface area contributed by atoms with Crippen LogP contribution in [-0.4, -0.2) is 28.2 Å². The summed E-state index contributed by atoms with van der Waals surface area (Å²) in [5.41, 5.74) is 0.989. The van der Waals surface area contributed by atoms with Crippen molar-refractivity contribution in [1.29, 1.82) is 0 Å². The highest BCUT2D eigenvalue weighted by Gasteiger charge is 2.21. The third-order valence-corrected chi connectivity index (χ3v) is 5.43. The fourth-order valence-corrected chi connectivity index (χ4v) is 3.68. The molecule has 1 saturated carbocycles. The summed E-state index contributed by atoms with van der Waals surface area (Å²) in [6, 6.07) is 0.334. The van der Waals surface area contributed by atoms with Crippen molar-refractivity contribution in [3.05, 3.63) is 30.1 Å². The maximum Gasteiger partial charge on any atom is 0.244 e. The molecule has 0 bridgehead atoms. The maximum absolute atomic E-state index is 12.3. The monoisotopic (exact) mass is 323 g/mol. The number of imidazole rings is 1. The molecule has 0 aromatic carbocycles. The van der Waals surface area contributed by atoms with Gasteiger partial charge in [-0.05, 0) is 19.3 Å². The van der Waals surface area contributed by atoms with Gasteiger partial charge in [-0.1, -0.05) is 19.8 Å². The summed E-state index contributed by atoms with van der Waals surface area (Å²) in [6.45, 7) is 2.16. The molecule has 8 heteroatoms. The molecule has 2 N–H and O–H groups in total. The average Bonchev–Trinajstić information content (AvgIpc) is 3.24. The van der Waals surface area contributed by atoms with Crippen molar-refractivity contribution in [3.63, 3.8) is 0 Å². The van der Waals surface area contributed by atoms with Crippen molar-refractivity contribution in [2.75, 3.05) is 0 Å². The van der Waals surface area contributed by atoms with Gasteiger partial charge in [-0.15, -0.1) is 0 Å². The lowest BCUT2D eigenvalue weighted by Gasteiger charge is -2.08. The minimum Gasteiger partial charge on any atom is -0.345 e. The van der Waals surface area contributed by atoms with Gasteiger partial charge in [-0.3, -0.25) is 4.68 Å². The Hall–Kier alpha value is -1.67. The molecule has 1 fully saturated rings. The summed E-state index contributed by atoms with van der Waals surface area (Å²) in [5.74, 6) is 0.614. The summed E-state index contributed by atoms with van der Waals surface area (Å²) in [4.78, 5) is 7.44. The van der Waals surface area contributed by atoms with E-state index in [4.69, 9.17) is 0 Å². The van der Waals surface area contributed by atoms with Crippen LogP contribution in [0.5, 0.6) is 0 Å². The van der Waals surface area contributed by atoms with Crippen LogP contribution in [0.15, 0.2) is 23.5 Å². The molecule has 1 aliphatic carbocycles. The summed E-state index contributed by atoms with van der Waals surface area (Å²) in [6.07, 6.45) is 10.1. The first-order chi connectivity index (χ1) is 10.6. The third-order valence-electron chi connectivity index (χ3n) is 4.08. The Labute approximate surface area is 130 Å². The molecule has 7 nitrogen and oxygen atoms in total. The second-order valence-corrected chi connectivity index (χ2v) is 7.39. The van der Waals surface area contributed by atoms with Crippen LogP contribution >= 0.6 is 0 Å². The van der Waals surface area contributed by atoms with Gasteiger partial charge < -0.3 is 4.98 Å². The van der Waals surface area contributed by atoms with Gasteiger partial charge in [0.15, 0.2) is 0 Å². The number of aromatic amines is 1. The van der Waals surface area contributed by atoms with Crippen LogP contribution in [-0.2, 0) is 23.0 Å². The van der Waals surface area contributed by atoms with E-state index in [1.54, 1.807) is 17.1 Å². The Morgan fingerprint density at radius 1 is 1.36 bits per heavy atom. The zero-order chi connectivity index (χ0) is 15.6. The van der Waals surface area contributed by atoms with Crippen LogP contribution in [0.1, 0.15) is 50.2 Å². The zero-order valence-electron chi connectivity index (χ0n) is 12.6. The lowest BCUT2D eigenvalue weighted by atomic mass is 10.3. The van der Waals surface area contributed by atoms with Crippen LogP contribution < -0.4 is 4.72 Å². The minimum absolute atomic E-state index is 0.150. The van der Waals surface area contributed by atoms with Crippen LogP contribution in [0.3, 0.4) is 0 Å². The maximum atomic E-state index is 12.3. The van der Waals surface area contributed by atoms with E-state index in [1.807, 2.05) is 6.92 Å². The lowest BCUT2D eigenvalue weighted by molar-refractivity contribution is 0.466. The fraction of sp³-hybridized carbons (Fsp3) is 0.571. The molecule has 0 spiro atoms. The van der Waals surface area contributed by atoms with Crippen molar-refractivity contribution in [2.24, 2.45) is 0 Å². The van der Waals surface area contributed by atoms with Gasteiger partial charge in [0, 0.05) is 18.1 Å². The second-order valence-electron chi connectivity index (χ2n) is 5.63. The largest absolute Gasteiger partial charge is 0.345 e. The molecule has 2 aromatic heterocycles. The predicted octanol–water partition coefficient (Wildman–Crippen LogP) is 1.76. The molecule has 2 aromatic rings. The molecule has 22 heavy (non-hydrogen) atoms. The fourth-order valence-electron chi connectivity index (χ4n) is 2.75. The minimum atomic E-state index is -3.56. The van der Waals surface area contributed by atoms with E-state index in [2.05, 4.69) is 19.8 Å². The SMILES string of the molecule is CCc1cnc(CNS(=O)(=O)c2cnn(C3CCCC3)c2)[nH]1. The Morgan fingerprint density at radius 2 is 2.14 bits per heavy atom. The molecule has 0 unspecified atom stereocenters. The molecule has 0 aliphatic heterocycles. The molecule has 3 rings (SSSR count). The smallest absolute Gasteiger partial charge is 0.244 e. The van der Waals surface area contributed by atoms with E-state index in [0.29, 0.717) is 11.9 Å². The molecule has 0 atom stereocenters. The number of H-pyrrole nitrogens is 1. The zero-order valence-corrected chi connectivity index (χ0v) is 13.4. The Morgan fingerprint density at radius 3 is 2.82 bits per heavy atom. The van der Waals surface area contributed by atoms with Crippen LogP contribution in [0.4, 0.5) is 0 Å². The number of nitrogens with one attached hydrogen (secondary N) is 2. The highest BCUT2D eigenvalue weighted by atomic mass is 32.2. The standard InChI is InChI=1S/C14H21N5O2S/c1-2-11-7-15-14(18-11)9-17-22(20,21)13-8-16-19(10-13)12-5-3-4-6-12/h7-8,10,12,17H,2-6,9H2,1H3,(H,15,18). The Balaban J connectivity index is 1.67. The van der Waals surface area contributed by atoms with Crippen molar-refractivity contribution in [2.45, 2.75) is 56.5 Å². The van der Waals surface area contributed by atoms with E-state index < -0.39 is 10.0 Å². The number of hydrogen-bond acceptors (Lipinski definition) is 4. The van der Waals surface area contributed by atoms with Gasteiger partial charge >= 0.3 is 0 Å². The molecule has 120 valence electrons. The molecule has 2 heterocycles. The third kappa shape index (κ3) is 3.22. The highest BCUT2D eigenvalue weighted by Crippen LogP contribution is 2.29. The van der Waals surface area contributed by atoms with Crippen LogP contribution in [0.25, 0.3) is 0 Å². The second kappa shape index (κ2) is 6.21. The Bertz CT molecular complexity index is 728. The summed E-state index contributed by atoms with van der Waals surface area (Å²) >= 11 is 0. The number of hydrogen-bond donors (Lipinski definition) is 2. The first-order valence-electron chi connectivity index (χ1n) is 7.65. The number of nitrogens with zero attached hydrogens (tertiary/aromatic N) is 3. The Kier molecular flexibility index (Phi) is 4.30. The summed E-state index contributed by atoms with van der Waals surface area (Å²) in [7, 11) is -3.56.